The summed E-state index contributed by atoms with van der Waals surface area (Å²) in [5.41, 5.74) is 2.52. The molecule has 0 aromatic heterocycles. The number of carbonyl (C=O) groups is 1. The van der Waals surface area contributed by atoms with Gasteiger partial charge < -0.3 is 9.84 Å². The summed E-state index contributed by atoms with van der Waals surface area (Å²) in [4.78, 5) is 10.4. The van der Waals surface area contributed by atoms with Gasteiger partial charge in [0.05, 0.1) is 0 Å². The van der Waals surface area contributed by atoms with E-state index in [0.717, 1.165) is 6.42 Å². The lowest BCUT2D eigenvalue weighted by Gasteiger charge is -2.13. The SMILES string of the molecule is CCc1cc(OCC(=O)O)ccc1C(C)C. The number of carboxylic acid groups (broad SMARTS) is 1. The number of hydrogen-bond donors (Lipinski definition) is 1. The summed E-state index contributed by atoms with van der Waals surface area (Å²) in [6.07, 6.45) is 0.928. The van der Waals surface area contributed by atoms with Crippen LogP contribution in [-0.4, -0.2) is 17.7 Å². The Morgan fingerprint density at radius 2 is 2.12 bits per heavy atom. The van der Waals surface area contributed by atoms with E-state index in [-0.39, 0.29) is 6.61 Å². The first-order valence-electron chi connectivity index (χ1n) is 5.52. The van der Waals surface area contributed by atoms with E-state index in [2.05, 4.69) is 20.8 Å². The van der Waals surface area contributed by atoms with Crippen LogP contribution in [0.25, 0.3) is 0 Å². The first-order valence-corrected chi connectivity index (χ1v) is 5.52. The minimum absolute atomic E-state index is 0.288. The maximum absolute atomic E-state index is 10.4. The van der Waals surface area contributed by atoms with Gasteiger partial charge in [-0.25, -0.2) is 4.79 Å². The molecule has 0 radical (unpaired) electrons. The highest BCUT2D eigenvalue weighted by Gasteiger charge is 2.07. The monoisotopic (exact) mass is 222 g/mol. The highest BCUT2D eigenvalue weighted by atomic mass is 16.5. The van der Waals surface area contributed by atoms with Crippen molar-refractivity contribution in [3.8, 4) is 5.75 Å². The molecule has 0 aliphatic carbocycles. The summed E-state index contributed by atoms with van der Waals surface area (Å²) in [6.45, 7) is 6.09. The van der Waals surface area contributed by atoms with Crippen LogP contribution in [0.1, 0.15) is 37.8 Å². The molecular formula is C13H18O3. The standard InChI is InChI=1S/C13H18O3/c1-4-10-7-11(16-8-13(14)15)5-6-12(10)9(2)3/h5-7,9H,4,8H2,1-3H3,(H,14,15). The Morgan fingerprint density at radius 1 is 1.44 bits per heavy atom. The second-order valence-electron chi connectivity index (χ2n) is 4.05. The molecule has 0 spiro atoms. The molecule has 3 heteroatoms. The van der Waals surface area contributed by atoms with Crippen LogP contribution >= 0.6 is 0 Å². The van der Waals surface area contributed by atoms with Crippen molar-refractivity contribution in [1.82, 2.24) is 0 Å². The van der Waals surface area contributed by atoms with Crippen LogP contribution in [0.5, 0.6) is 5.75 Å². The Bertz CT molecular complexity index is 369. The number of aryl methyl sites for hydroxylation is 1. The van der Waals surface area contributed by atoms with Crippen LogP contribution in [0.15, 0.2) is 18.2 Å². The molecule has 0 aliphatic heterocycles. The average Bonchev–Trinajstić information content (AvgIpc) is 2.25. The molecule has 0 bridgehead atoms. The predicted molar refractivity (Wildman–Crippen MR) is 63.0 cm³/mol. The number of aliphatic carboxylic acids is 1. The van der Waals surface area contributed by atoms with E-state index in [1.807, 2.05) is 18.2 Å². The zero-order valence-electron chi connectivity index (χ0n) is 9.99. The summed E-state index contributed by atoms with van der Waals surface area (Å²) in [7, 11) is 0. The highest BCUT2D eigenvalue weighted by molar-refractivity contribution is 5.68. The summed E-state index contributed by atoms with van der Waals surface area (Å²) in [5.74, 6) is 0.151. The van der Waals surface area contributed by atoms with Crippen molar-refractivity contribution < 1.29 is 14.6 Å². The number of carboxylic acids is 1. The fraction of sp³-hybridized carbons (Fsp3) is 0.462. The second-order valence-corrected chi connectivity index (χ2v) is 4.05. The van der Waals surface area contributed by atoms with Crippen LogP contribution in [-0.2, 0) is 11.2 Å². The lowest BCUT2D eigenvalue weighted by molar-refractivity contribution is -0.139. The molecule has 88 valence electrons. The average molecular weight is 222 g/mol. The van der Waals surface area contributed by atoms with Gasteiger partial charge >= 0.3 is 5.97 Å². The molecular weight excluding hydrogens is 204 g/mol. The van der Waals surface area contributed by atoms with Crippen molar-refractivity contribution in [2.75, 3.05) is 6.61 Å². The number of hydrogen-bond acceptors (Lipinski definition) is 2. The lowest BCUT2D eigenvalue weighted by atomic mass is 9.95. The van der Waals surface area contributed by atoms with Gasteiger partial charge in [-0.05, 0) is 35.6 Å². The molecule has 0 atom stereocenters. The summed E-state index contributed by atoms with van der Waals surface area (Å²) in [5, 5.41) is 8.52. The van der Waals surface area contributed by atoms with E-state index in [4.69, 9.17) is 9.84 Å². The van der Waals surface area contributed by atoms with Crippen molar-refractivity contribution in [3.63, 3.8) is 0 Å². The quantitative estimate of drug-likeness (QED) is 0.833. The first-order chi connectivity index (χ1) is 7.54. The molecule has 0 amide bonds. The molecule has 0 saturated heterocycles. The Balaban J connectivity index is 2.86. The van der Waals surface area contributed by atoms with E-state index < -0.39 is 5.97 Å². The van der Waals surface area contributed by atoms with E-state index in [1.165, 1.54) is 11.1 Å². The Hall–Kier alpha value is -1.51. The number of rotatable bonds is 5. The highest BCUT2D eigenvalue weighted by Crippen LogP contribution is 2.24. The maximum Gasteiger partial charge on any atom is 0.341 e. The maximum atomic E-state index is 10.4. The van der Waals surface area contributed by atoms with Gasteiger partial charge in [-0.1, -0.05) is 26.8 Å². The molecule has 1 aromatic carbocycles. The van der Waals surface area contributed by atoms with Crippen molar-refractivity contribution in [2.24, 2.45) is 0 Å². The largest absolute Gasteiger partial charge is 0.482 e. The third kappa shape index (κ3) is 3.26. The minimum atomic E-state index is -0.953. The van der Waals surface area contributed by atoms with E-state index in [1.54, 1.807) is 0 Å². The third-order valence-corrected chi connectivity index (χ3v) is 2.48. The van der Waals surface area contributed by atoms with Gasteiger partial charge in [0.1, 0.15) is 5.75 Å². The van der Waals surface area contributed by atoms with Gasteiger partial charge in [-0.3, -0.25) is 0 Å². The zero-order valence-corrected chi connectivity index (χ0v) is 9.99. The Kier molecular flexibility index (Phi) is 4.35. The molecule has 1 rings (SSSR count). The van der Waals surface area contributed by atoms with Gasteiger partial charge in [-0.15, -0.1) is 0 Å². The van der Waals surface area contributed by atoms with Gasteiger partial charge in [0.2, 0.25) is 0 Å². The normalized spacial score (nSPS) is 10.5. The number of ether oxygens (including phenoxy) is 1. The van der Waals surface area contributed by atoms with Crippen LogP contribution < -0.4 is 4.74 Å². The van der Waals surface area contributed by atoms with Crippen molar-refractivity contribution in [3.05, 3.63) is 29.3 Å². The van der Waals surface area contributed by atoms with Gasteiger partial charge in [0.15, 0.2) is 6.61 Å². The zero-order chi connectivity index (χ0) is 12.1. The fourth-order valence-electron chi connectivity index (χ4n) is 1.69. The molecule has 1 N–H and O–H groups in total. The van der Waals surface area contributed by atoms with Crippen molar-refractivity contribution in [2.45, 2.75) is 33.1 Å². The molecule has 3 nitrogen and oxygen atoms in total. The summed E-state index contributed by atoms with van der Waals surface area (Å²) < 4.78 is 5.15. The molecule has 16 heavy (non-hydrogen) atoms. The molecule has 0 saturated carbocycles. The fourth-order valence-corrected chi connectivity index (χ4v) is 1.69. The summed E-state index contributed by atoms with van der Waals surface area (Å²) >= 11 is 0. The smallest absolute Gasteiger partial charge is 0.341 e. The molecule has 0 fully saturated rings. The molecule has 0 unspecified atom stereocenters. The third-order valence-electron chi connectivity index (χ3n) is 2.48. The Labute approximate surface area is 96.1 Å². The van der Waals surface area contributed by atoms with E-state index >= 15 is 0 Å². The predicted octanol–water partition coefficient (Wildman–Crippen LogP) is 2.84. The topological polar surface area (TPSA) is 46.5 Å². The van der Waals surface area contributed by atoms with E-state index in [9.17, 15) is 4.79 Å². The summed E-state index contributed by atoms with van der Waals surface area (Å²) in [6, 6.07) is 5.77. The van der Waals surface area contributed by atoms with Crippen LogP contribution in [0, 0.1) is 0 Å². The van der Waals surface area contributed by atoms with Crippen LogP contribution in [0.2, 0.25) is 0 Å². The molecule has 0 aliphatic rings. The number of benzene rings is 1. The first kappa shape index (κ1) is 12.6. The second kappa shape index (κ2) is 5.54. The van der Waals surface area contributed by atoms with Crippen molar-refractivity contribution in [1.29, 1.82) is 0 Å². The van der Waals surface area contributed by atoms with Crippen molar-refractivity contribution >= 4 is 5.97 Å². The molecule has 0 heterocycles. The van der Waals surface area contributed by atoms with Crippen LogP contribution in [0.3, 0.4) is 0 Å². The van der Waals surface area contributed by atoms with Gasteiger partial charge in [0.25, 0.3) is 0 Å². The molecule has 1 aromatic rings. The van der Waals surface area contributed by atoms with Crippen LogP contribution in [0.4, 0.5) is 0 Å². The lowest BCUT2D eigenvalue weighted by Crippen LogP contribution is -2.09. The Morgan fingerprint density at radius 3 is 2.62 bits per heavy atom. The van der Waals surface area contributed by atoms with E-state index in [0.29, 0.717) is 11.7 Å². The van der Waals surface area contributed by atoms with Gasteiger partial charge in [-0.2, -0.15) is 0 Å². The minimum Gasteiger partial charge on any atom is -0.482 e. The van der Waals surface area contributed by atoms with Gasteiger partial charge in [0, 0.05) is 0 Å².